The number of nitrogens with zero attached hydrogens (tertiary/aromatic N) is 1. The van der Waals surface area contributed by atoms with E-state index in [1.165, 1.54) is 4.31 Å². The Hall–Kier alpha value is -2.02. The minimum atomic E-state index is -4.49. The molecule has 3 nitrogen and oxygen atoms in total. The van der Waals surface area contributed by atoms with Crippen molar-refractivity contribution in [1.82, 2.24) is 0 Å². The number of hydrogen-bond donors (Lipinski definition) is 0. The van der Waals surface area contributed by atoms with Crippen molar-refractivity contribution in [1.29, 1.82) is 0 Å². The molecule has 0 bridgehead atoms. The number of sulfonamides is 1. The molecule has 0 radical (unpaired) electrons. The van der Waals surface area contributed by atoms with Crippen LogP contribution in [0.2, 0.25) is 0 Å². The van der Waals surface area contributed by atoms with E-state index in [4.69, 9.17) is 0 Å². The molecule has 128 valence electrons. The van der Waals surface area contributed by atoms with Crippen molar-refractivity contribution in [3.05, 3.63) is 59.7 Å². The van der Waals surface area contributed by atoms with Crippen LogP contribution in [0.15, 0.2) is 53.4 Å². The minimum absolute atomic E-state index is 0.140. The molecule has 24 heavy (non-hydrogen) atoms. The number of alkyl halides is 3. The summed E-state index contributed by atoms with van der Waals surface area (Å²) in [7, 11) is -3.92. The summed E-state index contributed by atoms with van der Waals surface area (Å²) in [6.45, 7) is 1.80. The molecule has 0 fully saturated rings. The van der Waals surface area contributed by atoms with Gasteiger partial charge in [-0.1, -0.05) is 18.2 Å². The lowest BCUT2D eigenvalue weighted by Crippen LogP contribution is -2.42. The van der Waals surface area contributed by atoms with Crippen molar-refractivity contribution in [2.45, 2.75) is 36.9 Å². The van der Waals surface area contributed by atoms with Gasteiger partial charge in [0.05, 0.1) is 16.1 Å². The van der Waals surface area contributed by atoms with Crippen LogP contribution in [-0.4, -0.2) is 14.5 Å². The van der Waals surface area contributed by atoms with Crippen LogP contribution in [0.5, 0.6) is 0 Å². The quantitative estimate of drug-likeness (QED) is 0.808. The fourth-order valence-corrected chi connectivity index (χ4v) is 4.68. The van der Waals surface area contributed by atoms with Crippen molar-refractivity contribution in [2.75, 3.05) is 4.31 Å². The van der Waals surface area contributed by atoms with Crippen LogP contribution in [-0.2, 0) is 22.6 Å². The van der Waals surface area contributed by atoms with Crippen molar-refractivity contribution in [3.8, 4) is 0 Å². The molecular formula is C17H16F3NO2S. The molecule has 2 aromatic carbocycles. The third-order valence-electron chi connectivity index (χ3n) is 4.20. The first-order valence-electron chi connectivity index (χ1n) is 7.51. The molecule has 7 heteroatoms. The van der Waals surface area contributed by atoms with E-state index in [0.717, 1.165) is 36.2 Å². The minimum Gasteiger partial charge on any atom is -0.263 e. The first-order valence-corrected chi connectivity index (χ1v) is 8.95. The number of fused-ring (bicyclic) bond motifs is 1. The molecule has 1 aliphatic rings. The maximum absolute atomic E-state index is 13.0. The van der Waals surface area contributed by atoms with Gasteiger partial charge in [0.2, 0.25) is 0 Å². The lowest BCUT2D eigenvalue weighted by Gasteiger charge is -2.36. The Labute approximate surface area is 138 Å². The van der Waals surface area contributed by atoms with Gasteiger partial charge in [0.1, 0.15) is 0 Å². The normalized spacial score (nSPS) is 18.3. The summed E-state index contributed by atoms with van der Waals surface area (Å²) in [5.74, 6) is 0. The fourth-order valence-electron chi connectivity index (χ4n) is 2.95. The number of benzene rings is 2. The summed E-state index contributed by atoms with van der Waals surface area (Å²) in [4.78, 5) is -0.140. The van der Waals surface area contributed by atoms with Gasteiger partial charge < -0.3 is 0 Å². The molecule has 1 atom stereocenters. The first kappa shape index (κ1) is 16.8. The van der Waals surface area contributed by atoms with Gasteiger partial charge in [-0.3, -0.25) is 4.31 Å². The van der Waals surface area contributed by atoms with Gasteiger partial charge in [-0.2, -0.15) is 13.2 Å². The second-order valence-electron chi connectivity index (χ2n) is 5.84. The Bertz CT molecular complexity index is 845. The zero-order valence-electron chi connectivity index (χ0n) is 12.9. The van der Waals surface area contributed by atoms with Gasteiger partial charge in [0, 0.05) is 6.04 Å². The number of anilines is 1. The summed E-state index contributed by atoms with van der Waals surface area (Å²) in [5, 5.41) is 0. The van der Waals surface area contributed by atoms with E-state index in [1.54, 1.807) is 19.1 Å². The average molecular weight is 355 g/mol. The number of hydrogen-bond acceptors (Lipinski definition) is 2. The van der Waals surface area contributed by atoms with Crippen LogP contribution in [0.3, 0.4) is 0 Å². The van der Waals surface area contributed by atoms with E-state index in [0.29, 0.717) is 12.1 Å². The highest BCUT2D eigenvalue weighted by Crippen LogP contribution is 2.36. The van der Waals surface area contributed by atoms with Crippen LogP contribution in [0.4, 0.5) is 18.9 Å². The summed E-state index contributed by atoms with van der Waals surface area (Å²) in [6.07, 6.45) is -3.06. The Balaban J connectivity index is 2.05. The third-order valence-corrected chi connectivity index (χ3v) is 6.14. The molecule has 1 heterocycles. The van der Waals surface area contributed by atoms with E-state index in [1.807, 2.05) is 12.1 Å². The Morgan fingerprint density at radius 2 is 1.67 bits per heavy atom. The standard InChI is InChI=1S/C17H16F3NO2S/c1-12-6-7-13-4-2-3-5-16(13)21(12)24(22,23)15-10-8-14(9-11-15)17(18,19)20/h2-5,8-12H,6-7H2,1H3/t12-/m1/s1. The highest BCUT2D eigenvalue weighted by molar-refractivity contribution is 7.92. The van der Waals surface area contributed by atoms with Gasteiger partial charge in [-0.05, 0) is 55.7 Å². The van der Waals surface area contributed by atoms with Gasteiger partial charge in [-0.15, -0.1) is 0 Å². The fraction of sp³-hybridized carbons (Fsp3) is 0.294. The topological polar surface area (TPSA) is 37.4 Å². The Morgan fingerprint density at radius 3 is 2.29 bits per heavy atom. The number of aryl methyl sites for hydroxylation is 1. The molecule has 0 aromatic heterocycles. The van der Waals surface area contributed by atoms with Crippen LogP contribution < -0.4 is 4.31 Å². The maximum atomic E-state index is 13.0. The molecule has 0 amide bonds. The molecule has 0 spiro atoms. The van der Waals surface area contributed by atoms with E-state index < -0.39 is 21.8 Å². The molecule has 2 aromatic rings. The van der Waals surface area contributed by atoms with Crippen molar-refractivity contribution in [2.24, 2.45) is 0 Å². The highest BCUT2D eigenvalue weighted by Gasteiger charge is 2.35. The molecule has 0 aliphatic carbocycles. The molecule has 0 unspecified atom stereocenters. The van der Waals surface area contributed by atoms with Crippen LogP contribution >= 0.6 is 0 Å². The third kappa shape index (κ3) is 2.88. The lowest BCUT2D eigenvalue weighted by atomic mass is 9.99. The molecule has 0 N–H and O–H groups in total. The number of para-hydroxylation sites is 1. The summed E-state index contributed by atoms with van der Waals surface area (Å²) < 4.78 is 65.3. The van der Waals surface area contributed by atoms with Gasteiger partial charge in [-0.25, -0.2) is 8.42 Å². The monoisotopic (exact) mass is 355 g/mol. The summed E-state index contributed by atoms with van der Waals surface area (Å²) in [6, 6.07) is 10.6. The summed E-state index contributed by atoms with van der Waals surface area (Å²) in [5.41, 5.74) is 0.649. The zero-order chi connectivity index (χ0) is 17.5. The average Bonchev–Trinajstić information content (AvgIpc) is 2.53. The second kappa shape index (κ2) is 5.81. The molecular weight excluding hydrogens is 339 g/mol. The van der Waals surface area contributed by atoms with E-state index in [2.05, 4.69) is 0 Å². The summed E-state index contributed by atoms with van der Waals surface area (Å²) >= 11 is 0. The van der Waals surface area contributed by atoms with Gasteiger partial charge in [0.15, 0.2) is 0 Å². The van der Waals surface area contributed by atoms with Crippen molar-refractivity contribution >= 4 is 15.7 Å². The van der Waals surface area contributed by atoms with E-state index in [-0.39, 0.29) is 10.9 Å². The first-order chi connectivity index (χ1) is 11.2. The lowest BCUT2D eigenvalue weighted by molar-refractivity contribution is -0.137. The molecule has 0 saturated carbocycles. The Kier molecular flexibility index (Phi) is 4.07. The largest absolute Gasteiger partial charge is 0.416 e. The predicted octanol–water partition coefficient (Wildman–Crippen LogP) is 4.24. The molecule has 0 saturated heterocycles. The smallest absolute Gasteiger partial charge is 0.263 e. The van der Waals surface area contributed by atoms with Gasteiger partial charge in [0.25, 0.3) is 10.0 Å². The number of rotatable bonds is 2. The molecule has 1 aliphatic heterocycles. The van der Waals surface area contributed by atoms with Crippen molar-refractivity contribution < 1.29 is 21.6 Å². The van der Waals surface area contributed by atoms with Crippen molar-refractivity contribution in [3.63, 3.8) is 0 Å². The van der Waals surface area contributed by atoms with Crippen LogP contribution in [0.25, 0.3) is 0 Å². The highest BCUT2D eigenvalue weighted by atomic mass is 32.2. The van der Waals surface area contributed by atoms with Crippen LogP contribution in [0.1, 0.15) is 24.5 Å². The van der Waals surface area contributed by atoms with E-state index in [9.17, 15) is 21.6 Å². The Morgan fingerprint density at radius 1 is 1.04 bits per heavy atom. The molecule has 3 rings (SSSR count). The van der Waals surface area contributed by atoms with E-state index >= 15 is 0 Å². The maximum Gasteiger partial charge on any atom is 0.416 e. The second-order valence-corrected chi connectivity index (χ2v) is 7.65. The van der Waals surface area contributed by atoms with Crippen LogP contribution in [0, 0.1) is 0 Å². The zero-order valence-corrected chi connectivity index (χ0v) is 13.7. The number of halogens is 3. The predicted molar refractivity (Wildman–Crippen MR) is 85.3 cm³/mol. The van der Waals surface area contributed by atoms with Gasteiger partial charge >= 0.3 is 6.18 Å². The SMILES string of the molecule is C[C@@H]1CCc2ccccc2N1S(=O)(=O)c1ccc(C(F)(F)F)cc1.